The van der Waals surface area contributed by atoms with E-state index in [4.69, 9.17) is 14.9 Å². The minimum absolute atomic E-state index is 0.175. The molecule has 3 N–H and O–H groups in total. The number of carboxylic acid groups (broad SMARTS) is 1. The number of carbonyl (C=O) groups excluding carboxylic acids is 1. The first kappa shape index (κ1) is 25.2. The quantitative estimate of drug-likeness (QED) is 0.491. The van der Waals surface area contributed by atoms with E-state index < -0.39 is 17.7 Å². The number of halogens is 5. The molecule has 6 nitrogen and oxygen atoms in total. The van der Waals surface area contributed by atoms with Crippen molar-refractivity contribution in [3.8, 4) is 0 Å². The highest BCUT2D eigenvalue weighted by Gasteiger charge is 2.48. The van der Waals surface area contributed by atoms with Crippen molar-refractivity contribution in [3.05, 3.63) is 69.9 Å². The third-order valence-corrected chi connectivity index (χ3v) is 6.61. The second kappa shape index (κ2) is 10.2. The number of hydrogen-bond donors (Lipinski definition) is 3. The van der Waals surface area contributed by atoms with Gasteiger partial charge in [-0.15, -0.1) is 0 Å². The van der Waals surface area contributed by atoms with Gasteiger partial charge in [-0.1, -0.05) is 45.9 Å². The SMILES string of the molecule is O=C(NC1=N[C@]2(c3cc(Br)ccc3F)CNC[C@@H]2CS1)c1ccccc1.O=C(O)C(F)(F)F. The van der Waals surface area contributed by atoms with Crippen molar-refractivity contribution in [2.24, 2.45) is 10.9 Å². The zero-order chi connectivity index (χ0) is 24.2. The van der Waals surface area contributed by atoms with E-state index in [2.05, 4.69) is 26.6 Å². The van der Waals surface area contributed by atoms with E-state index in [1.807, 2.05) is 18.2 Å². The third kappa shape index (κ3) is 5.92. The lowest BCUT2D eigenvalue weighted by Gasteiger charge is -2.36. The Morgan fingerprint density at radius 3 is 2.52 bits per heavy atom. The monoisotopic (exact) mass is 547 g/mol. The van der Waals surface area contributed by atoms with Crippen LogP contribution < -0.4 is 10.6 Å². The molecule has 176 valence electrons. The molecular weight excluding hydrogens is 530 g/mol. The normalized spacial score (nSPS) is 21.8. The van der Waals surface area contributed by atoms with Gasteiger partial charge in [0.2, 0.25) is 0 Å². The molecule has 1 saturated heterocycles. The van der Waals surface area contributed by atoms with Crippen LogP contribution in [0.15, 0.2) is 58.0 Å². The van der Waals surface area contributed by atoms with Crippen LogP contribution in [0.25, 0.3) is 0 Å². The number of rotatable bonds is 2. The number of carboxylic acids is 1. The van der Waals surface area contributed by atoms with Crippen LogP contribution in [-0.4, -0.2) is 47.2 Å². The van der Waals surface area contributed by atoms with Gasteiger partial charge in [0, 0.05) is 40.4 Å². The molecule has 2 heterocycles. The third-order valence-electron chi connectivity index (χ3n) is 5.08. The van der Waals surface area contributed by atoms with Crippen LogP contribution in [0.3, 0.4) is 0 Å². The Labute approximate surface area is 199 Å². The standard InChI is InChI=1S/C19H17BrFN3OS.C2HF3O2/c20-14-6-7-16(21)15(8-14)19-11-22-9-13(19)10-26-18(24-19)23-17(25)12-4-2-1-3-5-12;3-2(4,5)1(6)7/h1-8,13,22H,9-11H2,(H,23,24,25);(H,6,7)/t13-,19-;/m1./s1. The Morgan fingerprint density at radius 2 is 1.88 bits per heavy atom. The van der Waals surface area contributed by atoms with Gasteiger partial charge in [-0.25, -0.2) is 14.2 Å². The molecule has 0 unspecified atom stereocenters. The topological polar surface area (TPSA) is 90.8 Å². The first-order chi connectivity index (χ1) is 15.5. The van der Waals surface area contributed by atoms with E-state index in [0.717, 1.165) is 16.8 Å². The van der Waals surface area contributed by atoms with Crippen molar-refractivity contribution in [1.29, 1.82) is 0 Å². The molecule has 33 heavy (non-hydrogen) atoms. The number of nitrogens with one attached hydrogen (secondary N) is 2. The van der Waals surface area contributed by atoms with Gasteiger partial charge in [0.05, 0.1) is 0 Å². The van der Waals surface area contributed by atoms with Crippen LogP contribution in [0.4, 0.5) is 17.6 Å². The highest BCUT2D eigenvalue weighted by molar-refractivity contribution is 9.10. The molecule has 2 aliphatic heterocycles. The minimum Gasteiger partial charge on any atom is -0.475 e. The summed E-state index contributed by atoms with van der Waals surface area (Å²) in [6, 6.07) is 14.0. The van der Waals surface area contributed by atoms with Crippen molar-refractivity contribution in [1.82, 2.24) is 10.6 Å². The summed E-state index contributed by atoms with van der Waals surface area (Å²) < 4.78 is 47.2. The van der Waals surface area contributed by atoms with E-state index in [9.17, 15) is 22.4 Å². The second-order valence-electron chi connectivity index (χ2n) is 7.23. The number of amides is 1. The molecule has 12 heteroatoms. The summed E-state index contributed by atoms with van der Waals surface area (Å²) >= 11 is 4.94. The second-order valence-corrected chi connectivity index (χ2v) is 9.15. The van der Waals surface area contributed by atoms with E-state index in [1.165, 1.54) is 17.8 Å². The van der Waals surface area contributed by atoms with Crippen LogP contribution in [0, 0.1) is 11.7 Å². The number of nitrogens with zero attached hydrogens (tertiary/aromatic N) is 1. The zero-order valence-corrected chi connectivity index (χ0v) is 19.2. The summed E-state index contributed by atoms with van der Waals surface area (Å²) in [6.07, 6.45) is -5.08. The number of hydrogen-bond acceptors (Lipinski definition) is 5. The maximum Gasteiger partial charge on any atom is 0.490 e. The minimum atomic E-state index is -5.08. The van der Waals surface area contributed by atoms with E-state index >= 15 is 0 Å². The number of aliphatic carboxylic acids is 1. The van der Waals surface area contributed by atoms with Gasteiger partial charge in [0.1, 0.15) is 11.4 Å². The fourth-order valence-corrected chi connectivity index (χ4v) is 5.00. The maximum atomic E-state index is 14.6. The lowest BCUT2D eigenvalue weighted by atomic mass is 9.81. The van der Waals surface area contributed by atoms with Crippen molar-refractivity contribution in [3.63, 3.8) is 0 Å². The average molecular weight is 548 g/mol. The molecule has 0 radical (unpaired) electrons. The van der Waals surface area contributed by atoms with Gasteiger partial charge < -0.3 is 15.7 Å². The molecule has 2 aromatic rings. The van der Waals surface area contributed by atoms with Crippen LogP contribution in [0.1, 0.15) is 15.9 Å². The summed E-state index contributed by atoms with van der Waals surface area (Å²) in [6.45, 7) is 1.33. The Bertz CT molecular complexity index is 1070. The van der Waals surface area contributed by atoms with Crippen LogP contribution in [0.5, 0.6) is 0 Å². The van der Waals surface area contributed by atoms with Crippen molar-refractivity contribution < 1.29 is 32.3 Å². The summed E-state index contributed by atoms with van der Waals surface area (Å²) in [4.78, 5) is 26.2. The zero-order valence-electron chi connectivity index (χ0n) is 16.8. The number of aliphatic imine (C=N–C) groups is 1. The van der Waals surface area contributed by atoms with Crippen LogP contribution in [-0.2, 0) is 10.3 Å². The molecule has 1 amide bonds. The molecule has 0 aliphatic carbocycles. The van der Waals surface area contributed by atoms with Gasteiger partial charge in [-0.3, -0.25) is 4.79 Å². The van der Waals surface area contributed by atoms with Crippen molar-refractivity contribution in [2.45, 2.75) is 11.7 Å². The summed E-state index contributed by atoms with van der Waals surface area (Å²) in [5, 5.41) is 13.9. The van der Waals surface area contributed by atoms with Gasteiger partial charge >= 0.3 is 12.1 Å². The molecule has 4 rings (SSSR count). The Kier molecular flexibility index (Phi) is 7.80. The smallest absolute Gasteiger partial charge is 0.475 e. The summed E-state index contributed by atoms with van der Waals surface area (Å²) in [5.41, 5.74) is 0.442. The number of alkyl halides is 3. The summed E-state index contributed by atoms with van der Waals surface area (Å²) in [5.74, 6) is -2.29. The average Bonchev–Trinajstić information content (AvgIpc) is 3.20. The molecule has 2 aromatic carbocycles. The fourth-order valence-electron chi connectivity index (χ4n) is 3.50. The predicted molar refractivity (Wildman–Crippen MR) is 120 cm³/mol. The molecule has 2 aliphatic rings. The van der Waals surface area contributed by atoms with Gasteiger partial charge in [0.15, 0.2) is 5.17 Å². The molecule has 0 saturated carbocycles. The summed E-state index contributed by atoms with van der Waals surface area (Å²) in [7, 11) is 0. The van der Waals surface area contributed by atoms with Crippen LogP contribution in [0.2, 0.25) is 0 Å². The molecule has 0 bridgehead atoms. The van der Waals surface area contributed by atoms with E-state index in [-0.39, 0.29) is 17.6 Å². The maximum absolute atomic E-state index is 14.6. The number of carbonyl (C=O) groups is 2. The number of fused-ring (bicyclic) bond motifs is 1. The fraction of sp³-hybridized carbons (Fsp3) is 0.286. The molecule has 1 fully saturated rings. The first-order valence-electron chi connectivity index (χ1n) is 9.58. The predicted octanol–water partition coefficient (Wildman–Crippen LogP) is 4.17. The van der Waals surface area contributed by atoms with E-state index in [0.29, 0.717) is 22.8 Å². The molecular formula is C21H18BrF4N3O3S. The Balaban J connectivity index is 0.000000383. The van der Waals surface area contributed by atoms with Gasteiger partial charge in [-0.2, -0.15) is 13.2 Å². The lowest BCUT2D eigenvalue weighted by Crippen LogP contribution is -2.43. The van der Waals surface area contributed by atoms with E-state index in [1.54, 1.807) is 24.3 Å². The van der Waals surface area contributed by atoms with Gasteiger partial charge in [-0.05, 0) is 30.3 Å². The van der Waals surface area contributed by atoms with Crippen molar-refractivity contribution in [2.75, 3.05) is 18.8 Å². The van der Waals surface area contributed by atoms with Gasteiger partial charge in [0.25, 0.3) is 5.91 Å². The molecule has 0 aromatic heterocycles. The largest absolute Gasteiger partial charge is 0.490 e. The number of benzene rings is 2. The Hall–Kier alpha value is -2.44. The lowest BCUT2D eigenvalue weighted by molar-refractivity contribution is -0.192. The molecule has 0 spiro atoms. The van der Waals surface area contributed by atoms with Crippen LogP contribution >= 0.6 is 27.7 Å². The number of amidine groups is 1. The highest BCUT2D eigenvalue weighted by Crippen LogP contribution is 2.44. The number of thioether (sulfide) groups is 1. The first-order valence-corrected chi connectivity index (χ1v) is 11.4. The Morgan fingerprint density at radius 1 is 1.21 bits per heavy atom. The highest BCUT2D eigenvalue weighted by atomic mass is 79.9. The molecule has 2 atom stereocenters. The van der Waals surface area contributed by atoms with Crippen molar-refractivity contribution >= 4 is 44.7 Å².